The first-order valence-electron chi connectivity index (χ1n) is 16.0. The maximum absolute atomic E-state index is 13.8. The van der Waals surface area contributed by atoms with Gasteiger partial charge in [-0.15, -0.1) is 11.3 Å². The van der Waals surface area contributed by atoms with Crippen LogP contribution in [0.3, 0.4) is 0 Å². The number of methoxy groups -OCH3 is 1. The van der Waals surface area contributed by atoms with Crippen molar-refractivity contribution in [1.82, 2.24) is 14.9 Å². The molecule has 0 aliphatic carbocycles. The highest BCUT2D eigenvalue weighted by Crippen LogP contribution is 2.40. The number of carbonyl (C=O) groups is 2. The number of rotatable bonds is 14. The first-order chi connectivity index (χ1) is 24.1. The number of hydrogen-bond donors (Lipinski definition) is 4. The van der Waals surface area contributed by atoms with Crippen LogP contribution < -0.4 is 16.4 Å². The fourth-order valence-electron chi connectivity index (χ4n) is 4.81. The summed E-state index contributed by atoms with van der Waals surface area (Å²) in [6.45, 7) is 2.33. The highest BCUT2D eigenvalue weighted by Gasteiger charge is 2.43. The molecule has 10 nitrogen and oxygen atoms in total. The predicted molar refractivity (Wildman–Crippen MR) is 191 cm³/mol. The number of thiophene rings is 1. The van der Waals surface area contributed by atoms with E-state index in [0.717, 1.165) is 23.9 Å². The Hall–Kier alpha value is -4.44. The number of carbonyl (C=O) groups excluding carboxylic acids is 2. The number of nitrogens with two attached hydrogens (primary N) is 1. The summed E-state index contributed by atoms with van der Waals surface area (Å²) >= 11 is 0.615. The number of nitrogen functional groups attached to an aromatic ring is 1. The molecule has 0 saturated heterocycles. The summed E-state index contributed by atoms with van der Waals surface area (Å²) < 4.78 is 73.9. The first kappa shape index (κ1) is 41.0. The van der Waals surface area contributed by atoms with Gasteiger partial charge in [0.25, 0.3) is 0 Å². The van der Waals surface area contributed by atoms with E-state index in [1.807, 2.05) is 24.5 Å². The average Bonchev–Trinajstić information content (AvgIpc) is 3.58. The second kappa shape index (κ2) is 19.2. The Labute approximate surface area is 300 Å². The van der Waals surface area contributed by atoms with Crippen molar-refractivity contribution in [2.45, 2.75) is 49.8 Å². The fraction of sp³-hybridized carbons (Fsp3) is 0.333. The summed E-state index contributed by atoms with van der Waals surface area (Å²) in [5.41, 5.74) is 8.75. The molecule has 0 fully saturated rings. The van der Waals surface area contributed by atoms with E-state index in [0.29, 0.717) is 23.4 Å². The molecule has 4 rings (SSSR count). The molecule has 2 atom stereocenters. The van der Waals surface area contributed by atoms with Gasteiger partial charge in [-0.3, -0.25) is 4.79 Å². The van der Waals surface area contributed by atoms with Crippen molar-refractivity contribution in [2.24, 2.45) is 5.92 Å². The van der Waals surface area contributed by atoms with Crippen molar-refractivity contribution >= 4 is 39.0 Å². The second-order valence-electron chi connectivity index (χ2n) is 11.8. The molecular weight excluding hydrogens is 706 g/mol. The summed E-state index contributed by atoms with van der Waals surface area (Å²) in [6, 6.07) is 25.3. The highest BCUT2D eigenvalue weighted by molar-refractivity contribution is 7.89. The molecule has 0 bridgehead atoms. The lowest BCUT2D eigenvalue weighted by Crippen LogP contribution is -2.43. The van der Waals surface area contributed by atoms with Crippen LogP contribution in [0.5, 0.6) is 0 Å². The van der Waals surface area contributed by atoms with Crippen molar-refractivity contribution in [2.75, 3.05) is 32.5 Å². The summed E-state index contributed by atoms with van der Waals surface area (Å²) in [5, 5.41) is 14.0. The molecule has 1 aromatic heterocycles. The molecule has 4 aromatic rings. The molecular formula is C36H43F3N4O6S2. The lowest BCUT2D eigenvalue weighted by Gasteiger charge is -2.30. The number of nitrogens with zero attached hydrogens (tertiary/aromatic N) is 1. The van der Waals surface area contributed by atoms with Crippen LogP contribution >= 0.6 is 11.3 Å². The summed E-state index contributed by atoms with van der Waals surface area (Å²) in [4.78, 5) is 22.9. The van der Waals surface area contributed by atoms with Crippen LogP contribution in [0, 0.1) is 5.92 Å². The van der Waals surface area contributed by atoms with Gasteiger partial charge in [0, 0.05) is 22.0 Å². The molecule has 1 heterocycles. The number of nitrogens with one attached hydrogen (secondary N) is 2. The van der Waals surface area contributed by atoms with Crippen molar-refractivity contribution < 1.29 is 41.0 Å². The Morgan fingerprint density at radius 1 is 0.902 bits per heavy atom. The maximum atomic E-state index is 13.8. The van der Waals surface area contributed by atoms with E-state index >= 15 is 0 Å². The van der Waals surface area contributed by atoms with Gasteiger partial charge in [0.05, 0.1) is 24.7 Å². The van der Waals surface area contributed by atoms with E-state index in [2.05, 4.69) is 65.4 Å². The smallest absolute Gasteiger partial charge is 0.413 e. The molecule has 0 aliphatic heterocycles. The lowest BCUT2D eigenvalue weighted by atomic mass is 10.1. The monoisotopic (exact) mass is 748 g/mol. The zero-order valence-corrected chi connectivity index (χ0v) is 30.1. The summed E-state index contributed by atoms with van der Waals surface area (Å²) in [6.07, 6.45) is -4.43. The SMILES string of the molecule is COC(=O)NCC(=O)NC(c1ccc([C@@H](CO)N(CCC(C)C)S(=O)(=O)c2ccc(N)cc2)s1)C(F)(F)F.c1ccc(Cc2ccccc2)cc1. The number of benzene rings is 3. The summed E-state index contributed by atoms with van der Waals surface area (Å²) in [7, 11) is -3.13. The van der Waals surface area contributed by atoms with Gasteiger partial charge in [-0.1, -0.05) is 74.5 Å². The van der Waals surface area contributed by atoms with Gasteiger partial charge >= 0.3 is 12.3 Å². The molecule has 2 amide bonds. The number of ether oxygens (including phenoxy) is 1. The molecule has 5 N–H and O–H groups in total. The quantitative estimate of drug-likeness (QED) is 0.108. The van der Waals surface area contributed by atoms with Gasteiger partial charge in [-0.05, 0) is 66.3 Å². The van der Waals surface area contributed by atoms with E-state index in [-0.39, 0.29) is 27.1 Å². The van der Waals surface area contributed by atoms with Gasteiger partial charge in [0.1, 0.15) is 6.54 Å². The van der Waals surface area contributed by atoms with E-state index < -0.39 is 53.4 Å². The van der Waals surface area contributed by atoms with Crippen LogP contribution in [0.15, 0.2) is 102 Å². The molecule has 0 radical (unpaired) electrons. The maximum Gasteiger partial charge on any atom is 0.413 e. The zero-order valence-electron chi connectivity index (χ0n) is 28.5. The van der Waals surface area contributed by atoms with Crippen LogP contribution in [0.4, 0.5) is 23.7 Å². The Morgan fingerprint density at radius 2 is 1.45 bits per heavy atom. The first-order valence-corrected chi connectivity index (χ1v) is 18.2. The van der Waals surface area contributed by atoms with Crippen LogP contribution in [-0.2, 0) is 26.0 Å². The number of halogens is 3. The molecule has 0 saturated carbocycles. The minimum Gasteiger partial charge on any atom is -0.453 e. The molecule has 1 unspecified atom stereocenters. The normalized spacial score (nSPS) is 12.8. The number of anilines is 1. The molecule has 3 aromatic carbocycles. The number of hydrogen-bond acceptors (Lipinski definition) is 8. The third kappa shape index (κ3) is 12.7. The fourth-order valence-corrected chi connectivity index (χ4v) is 7.68. The van der Waals surface area contributed by atoms with E-state index in [1.165, 1.54) is 41.5 Å². The topological polar surface area (TPSA) is 151 Å². The van der Waals surface area contributed by atoms with Crippen molar-refractivity contribution in [3.63, 3.8) is 0 Å². The number of sulfonamides is 1. The highest BCUT2D eigenvalue weighted by atomic mass is 32.2. The lowest BCUT2D eigenvalue weighted by molar-refractivity contribution is -0.162. The van der Waals surface area contributed by atoms with Crippen LogP contribution in [0.25, 0.3) is 0 Å². The largest absolute Gasteiger partial charge is 0.453 e. The number of aliphatic hydroxyl groups is 1. The minimum absolute atomic E-state index is 0.00146. The molecule has 0 spiro atoms. The Kier molecular flexibility index (Phi) is 15.5. The minimum atomic E-state index is -4.90. The zero-order chi connectivity index (χ0) is 37.6. The van der Waals surface area contributed by atoms with E-state index in [9.17, 15) is 36.3 Å². The molecule has 15 heteroatoms. The van der Waals surface area contributed by atoms with Crippen LogP contribution in [-0.4, -0.2) is 62.8 Å². The predicted octanol–water partition coefficient (Wildman–Crippen LogP) is 6.45. The summed E-state index contributed by atoms with van der Waals surface area (Å²) in [5.74, 6) is -1.02. The third-order valence-electron chi connectivity index (χ3n) is 7.50. The van der Waals surface area contributed by atoms with E-state index in [1.54, 1.807) is 0 Å². The molecule has 0 aliphatic rings. The molecule has 276 valence electrons. The number of alkyl carbamates (subject to hydrolysis) is 1. The van der Waals surface area contributed by atoms with E-state index in [4.69, 9.17) is 5.73 Å². The Morgan fingerprint density at radius 3 is 1.94 bits per heavy atom. The van der Waals surface area contributed by atoms with Crippen molar-refractivity contribution in [3.8, 4) is 0 Å². The van der Waals surface area contributed by atoms with Crippen LogP contribution in [0.2, 0.25) is 0 Å². The van der Waals surface area contributed by atoms with Crippen LogP contribution in [0.1, 0.15) is 53.2 Å². The number of amides is 2. The average molecular weight is 749 g/mol. The Balaban J connectivity index is 0.000000446. The van der Waals surface area contributed by atoms with Gasteiger partial charge in [-0.25, -0.2) is 13.2 Å². The number of alkyl halides is 3. The van der Waals surface area contributed by atoms with Crippen molar-refractivity contribution in [3.05, 3.63) is 118 Å². The second-order valence-corrected chi connectivity index (χ2v) is 14.9. The van der Waals surface area contributed by atoms with Crippen molar-refractivity contribution in [1.29, 1.82) is 0 Å². The van der Waals surface area contributed by atoms with Gasteiger partial charge in [0.2, 0.25) is 15.9 Å². The van der Waals surface area contributed by atoms with Gasteiger partial charge in [0.15, 0.2) is 6.04 Å². The van der Waals surface area contributed by atoms with Gasteiger partial charge < -0.3 is 26.2 Å². The number of aliphatic hydroxyl groups excluding tert-OH is 1. The molecule has 51 heavy (non-hydrogen) atoms. The van der Waals surface area contributed by atoms with Gasteiger partial charge in [-0.2, -0.15) is 17.5 Å². The third-order valence-corrected chi connectivity index (χ3v) is 10.7. The standard InChI is InChI=1S/C23H31F3N4O6S2.C13H12/c1-14(2)10-11-30(38(34,35)16-6-4-15(27)5-7-16)17(13-31)18-8-9-19(37-18)21(23(24,25)26)29-20(32)12-28-22(33)36-3;1-3-7-12(8-4-1)11-13-9-5-2-6-10-13/h4-9,14,17,21,31H,10-13,27H2,1-3H3,(H,28,33)(H,29,32);1-10H,11H2/t17-,21?;/m1./s1. The Bertz CT molecular complexity index is 1730.